The van der Waals surface area contributed by atoms with Crippen LogP contribution in [0.2, 0.25) is 0 Å². The molecular weight excluding hydrogens is 268 g/mol. The second-order valence-electron chi connectivity index (χ2n) is 6.15. The quantitative estimate of drug-likeness (QED) is 0.687. The smallest absolute Gasteiger partial charge is 0.303 e. The number of aryl methyl sites for hydroxylation is 1. The minimum absolute atomic E-state index is 0.0674. The maximum atomic E-state index is 11.4. The van der Waals surface area contributed by atoms with Crippen molar-refractivity contribution in [3.63, 3.8) is 0 Å². The summed E-state index contributed by atoms with van der Waals surface area (Å²) in [5.74, 6) is -1.23. The zero-order chi connectivity index (χ0) is 16.0. The van der Waals surface area contributed by atoms with Gasteiger partial charge in [-0.05, 0) is 42.9 Å². The molecule has 1 amide bonds. The fraction of sp³-hybridized carbons (Fsp3) is 0.500. The average Bonchev–Trinajstić information content (AvgIpc) is 2.36. The molecule has 0 aliphatic carbocycles. The number of carbonyl (C=O) groups is 2. The molecule has 0 radical (unpaired) electrons. The maximum Gasteiger partial charge on any atom is 0.303 e. The van der Waals surface area contributed by atoms with Crippen LogP contribution in [0.25, 0.3) is 0 Å². The fourth-order valence-electron chi connectivity index (χ4n) is 2.13. The van der Waals surface area contributed by atoms with Crippen LogP contribution in [-0.2, 0) is 4.79 Å². The summed E-state index contributed by atoms with van der Waals surface area (Å²) in [5.41, 5.74) is 7.55. The van der Waals surface area contributed by atoms with Gasteiger partial charge in [-0.3, -0.25) is 9.59 Å². The average molecular weight is 292 g/mol. The van der Waals surface area contributed by atoms with Gasteiger partial charge in [-0.2, -0.15) is 0 Å². The number of primary amides is 1. The Morgan fingerprint density at radius 2 is 1.95 bits per heavy atom. The molecule has 1 aromatic rings. The minimum Gasteiger partial charge on any atom is -0.481 e. The first kappa shape index (κ1) is 17.0. The Morgan fingerprint density at radius 3 is 2.52 bits per heavy atom. The lowest BCUT2D eigenvalue weighted by atomic mass is 9.84. The monoisotopic (exact) mass is 292 g/mol. The molecule has 0 fully saturated rings. The van der Waals surface area contributed by atoms with Crippen LogP contribution in [-0.4, -0.2) is 23.5 Å². The van der Waals surface area contributed by atoms with Crippen molar-refractivity contribution in [2.45, 2.75) is 40.0 Å². The zero-order valence-corrected chi connectivity index (χ0v) is 12.9. The number of hydrogen-bond acceptors (Lipinski definition) is 3. The molecule has 1 rings (SSSR count). The van der Waals surface area contributed by atoms with Crippen molar-refractivity contribution in [3.8, 4) is 0 Å². The first-order valence-corrected chi connectivity index (χ1v) is 7.07. The first-order valence-electron chi connectivity index (χ1n) is 7.07. The van der Waals surface area contributed by atoms with Crippen molar-refractivity contribution < 1.29 is 14.7 Å². The number of nitrogens with one attached hydrogen (secondary N) is 1. The van der Waals surface area contributed by atoms with Gasteiger partial charge in [0.1, 0.15) is 0 Å². The van der Waals surface area contributed by atoms with Crippen LogP contribution in [0.4, 0.5) is 5.69 Å². The summed E-state index contributed by atoms with van der Waals surface area (Å²) in [7, 11) is 0. The van der Waals surface area contributed by atoms with Gasteiger partial charge in [0.2, 0.25) is 0 Å². The first-order chi connectivity index (χ1) is 9.71. The Hall–Kier alpha value is -2.04. The van der Waals surface area contributed by atoms with E-state index in [0.717, 1.165) is 17.7 Å². The Bertz CT molecular complexity index is 524. The molecular formula is C16H24N2O3. The van der Waals surface area contributed by atoms with Gasteiger partial charge in [0.15, 0.2) is 0 Å². The van der Waals surface area contributed by atoms with Gasteiger partial charge in [-0.15, -0.1) is 0 Å². The summed E-state index contributed by atoms with van der Waals surface area (Å²) in [6.07, 6.45) is 1.61. The highest BCUT2D eigenvalue weighted by Crippen LogP contribution is 2.27. The molecule has 0 spiro atoms. The normalized spacial score (nSPS) is 11.2. The van der Waals surface area contributed by atoms with E-state index in [4.69, 9.17) is 10.8 Å². The van der Waals surface area contributed by atoms with Crippen LogP contribution < -0.4 is 11.1 Å². The van der Waals surface area contributed by atoms with Crippen LogP contribution in [0.15, 0.2) is 18.2 Å². The third-order valence-electron chi connectivity index (χ3n) is 3.57. The summed E-state index contributed by atoms with van der Waals surface area (Å²) >= 11 is 0. The zero-order valence-electron chi connectivity index (χ0n) is 12.9. The lowest BCUT2D eigenvalue weighted by Crippen LogP contribution is -2.20. The van der Waals surface area contributed by atoms with Crippen molar-refractivity contribution in [1.82, 2.24) is 0 Å². The Kier molecular flexibility index (Phi) is 5.76. The standard InChI is InChI=1S/C16H24N2O3/c1-11-4-5-12(15(17)21)13(10-11)18-9-8-16(2,3)7-6-14(19)20/h4-5,10,18H,6-9H2,1-3H3,(H2,17,21)(H,19,20). The predicted molar refractivity (Wildman–Crippen MR) is 83.5 cm³/mol. The number of nitrogens with two attached hydrogens (primary N) is 1. The van der Waals surface area contributed by atoms with E-state index in [9.17, 15) is 9.59 Å². The Labute approximate surface area is 125 Å². The third-order valence-corrected chi connectivity index (χ3v) is 3.57. The van der Waals surface area contributed by atoms with Gasteiger partial charge in [0.25, 0.3) is 5.91 Å². The number of amides is 1. The molecule has 0 aliphatic rings. The third kappa shape index (κ3) is 5.85. The molecule has 0 saturated carbocycles. The largest absolute Gasteiger partial charge is 0.481 e. The van der Waals surface area contributed by atoms with Crippen LogP contribution in [0.3, 0.4) is 0 Å². The molecule has 0 saturated heterocycles. The number of rotatable bonds is 8. The molecule has 116 valence electrons. The van der Waals surface area contributed by atoms with Gasteiger partial charge < -0.3 is 16.2 Å². The van der Waals surface area contributed by atoms with Crippen LogP contribution >= 0.6 is 0 Å². The van der Waals surface area contributed by atoms with Crippen molar-refractivity contribution >= 4 is 17.6 Å². The van der Waals surface area contributed by atoms with Gasteiger partial charge >= 0.3 is 5.97 Å². The molecule has 4 N–H and O–H groups in total. The summed E-state index contributed by atoms with van der Waals surface area (Å²) < 4.78 is 0. The topological polar surface area (TPSA) is 92.4 Å². The molecule has 0 aromatic heterocycles. The number of hydrogen-bond donors (Lipinski definition) is 3. The van der Waals surface area contributed by atoms with E-state index in [1.165, 1.54) is 0 Å². The van der Waals surface area contributed by atoms with Crippen LogP contribution in [0.1, 0.15) is 49.0 Å². The second kappa shape index (κ2) is 7.11. The van der Waals surface area contributed by atoms with Gasteiger partial charge in [-0.25, -0.2) is 0 Å². The molecule has 0 bridgehead atoms. The second-order valence-corrected chi connectivity index (χ2v) is 6.15. The lowest BCUT2D eigenvalue weighted by molar-refractivity contribution is -0.137. The van der Waals surface area contributed by atoms with E-state index >= 15 is 0 Å². The summed E-state index contributed by atoms with van der Waals surface area (Å²) in [5, 5.41) is 12.0. The van der Waals surface area contributed by atoms with E-state index in [1.54, 1.807) is 6.07 Å². The SMILES string of the molecule is Cc1ccc(C(N)=O)c(NCCC(C)(C)CCC(=O)O)c1. The van der Waals surface area contributed by atoms with Crippen molar-refractivity contribution in [3.05, 3.63) is 29.3 Å². The molecule has 5 nitrogen and oxygen atoms in total. The molecule has 0 unspecified atom stereocenters. The predicted octanol–water partition coefficient (Wildman–Crippen LogP) is 2.79. The number of carboxylic acids is 1. The van der Waals surface area contributed by atoms with E-state index in [2.05, 4.69) is 5.32 Å². The van der Waals surface area contributed by atoms with E-state index in [0.29, 0.717) is 18.5 Å². The summed E-state index contributed by atoms with van der Waals surface area (Å²) in [6, 6.07) is 5.46. The Balaban J connectivity index is 2.61. The summed E-state index contributed by atoms with van der Waals surface area (Å²) in [4.78, 5) is 22.0. The Morgan fingerprint density at radius 1 is 1.29 bits per heavy atom. The van der Waals surface area contributed by atoms with Crippen molar-refractivity contribution in [1.29, 1.82) is 0 Å². The molecule has 5 heteroatoms. The fourth-order valence-corrected chi connectivity index (χ4v) is 2.13. The number of carboxylic acid groups (broad SMARTS) is 1. The van der Waals surface area contributed by atoms with Gasteiger partial charge in [0, 0.05) is 18.7 Å². The number of benzene rings is 1. The van der Waals surface area contributed by atoms with Gasteiger partial charge in [0.05, 0.1) is 5.56 Å². The van der Waals surface area contributed by atoms with Crippen LogP contribution in [0, 0.1) is 12.3 Å². The number of anilines is 1. The molecule has 0 aliphatic heterocycles. The van der Waals surface area contributed by atoms with Crippen molar-refractivity contribution in [2.75, 3.05) is 11.9 Å². The van der Waals surface area contributed by atoms with Crippen LogP contribution in [0.5, 0.6) is 0 Å². The summed E-state index contributed by atoms with van der Waals surface area (Å²) in [6.45, 7) is 6.70. The van der Waals surface area contributed by atoms with E-state index in [-0.39, 0.29) is 11.8 Å². The maximum absolute atomic E-state index is 11.4. The molecule has 21 heavy (non-hydrogen) atoms. The molecule has 0 atom stereocenters. The van der Waals surface area contributed by atoms with Gasteiger partial charge in [-0.1, -0.05) is 19.9 Å². The lowest BCUT2D eigenvalue weighted by Gasteiger charge is -2.24. The minimum atomic E-state index is -0.772. The van der Waals surface area contributed by atoms with E-state index < -0.39 is 11.9 Å². The number of carbonyl (C=O) groups excluding carboxylic acids is 1. The van der Waals surface area contributed by atoms with Crippen molar-refractivity contribution in [2.24, 2.45) is 11.1 Å². The number of aliphatic carboxylic acids is 1. The highest BCUT2D eigenvalue weighted by molar-refractivity contribution is 5.98. The van der Waals surface area contributed by atoms with E-state index in [1.807, 2.05) is 32.9 Å². The molecule has 1 aromatic carbocycles. The molecule has 0 heterocycles. The highest BCUT2D eigenvalue weighted by atomic mass is 16.4. The highest BCUT2D eigenvalue weighted by Gasteiger charge is 2.19.